The van der Waals surface area contributed by atoms with Crippen LogP contribution in [0, 0.1) is 0 Å². The molecule has 1 unspecified atom stereocenters. The van der Waals surface area contributed by atoms with E-state index in [0.29, 0.717) is 16.0 Å². The minimum absolute atomic E-state index is 0.104. The lowest BCUT2D eigenvalue weighted by molar-refractivity contribution is -0.115. The summed E-state index contributed by atoms with van der Waals surface area (Å²) < 4.78 is 0. The maximum atomic E-state index is 12.3. The van der Waals surface area contributed by atoms with Crippen molar-refractivity contribution >= 4 is 40.9 Å². The van der Waals surface area contributed by atoms with Crippen LogP contribution in [0.25, 0.3) is 0 Å². The van der Waals surface area contributed by atoms with Crippen LogP contribution in [0.5, 0.6) is 0 Å². The molecule has 0 bridgehead atoms. The van der Waals surface area contributed by atoms with Crippen LogP contribution in [0.15, 0.2) is 18.2 Å². The summed E-state index contributed by atoms with van der Waals surface area (Å²) in [7, 11) is 0. The molecule has 0 aliphatic heterocycles. The maximum Gasteiger partial charge on any atom is 0.335 e. The van der Waals surface area contributed by atoms with Gasteiger partial charge in [0.15, 0.2) is 0 Å². The lowest BCUT2D eigenvalue weighted by atomic mass is 10.0. The first-order chi connectivity index (χ1) is 10.5. The van der Waals surface area contributed by atoms with Crippen molar-refractivity contribution in [3.8, 4) is 0 Å². The van der Waals surface area contributed by atoms with Crippen molar-refractivity contribution in [1.29, 1.82) is 0 Å². The van der Waals surface area contributed by atoms with E-state index in [4.69, 9.17) is 16.7 Å². The number of carbonyl (C=O) groups is 2. The highest BCUT2D eigenvalue weighted by molar-refractivity contribution is 8.01. The topological polar surface area (TPSA) is 66.4 Å². The lowest BCUT2D eigenvalue weighted by Gasteiger charge is -2.24. The Hall–Kier alpha value is -1.20. The number of nitrogens with one attached hydrogen (secondary N) is 1. The number of benzene rings is 1. The summed E-state index contributed by atoms with van der Waals surface area (Å²) >= 11 is 7.72. The summed E-state index contributed by atoms with van der Waals surface area (Å²) in [6, 6.07) is 4.29. The zero-order valence-electron chi connectivity index (χ0n) is 12.5. The monoisotopic (exact) mass is 341 g/mol. The van der Waals surface area contributed by atoms with Gasteiger partial charge in [0, 0.05) is 5.25 Å². The van der Waals surface area contributed by atoms with E-state index in [0.717, 1.165) is 12.8 Å². The molecule has 120 valence electrons. The van der Waals surface area contributed by atoms with E-state index in [2.05, 4.69) is 5.32 Å². The quantitative estimate of drug-likeness (QED) is 0.831. The summed E-state index contributed by atoms with van der Waals surface area (Å²) in [5, 5.41) is 12.4. The van der Waals surface area contributed by atoms with E-state index in [9.17, 15) is 9.59 Å². The Kier molecular flexibility index (Phi) is 6.15. The molecule has 2 rings (SSSR count). The van der Waals surface area contributed by atoms with Crippen LogP contribution in [-0.2, 0) is 4.79 Å². The van der Waals surface area contributed by atoms with Crippen molar-refractivity contribution in [3.63, 3.8) is 0 Å². The SMILES string of the molecule is CC(SC1CCCCC1)C(=O)Nc1cc(C(=O)O)ccc1Cl. The van der Waals surface area contributed by atoms with Gasteiger partial charge in [0.1, 0.15) is 0 Å². The smallest absolute Gasteiger partial charge is 0.335 e. The zero-order chi connectivity index (χ0) is 16.1. The van der Waals surface area contributed by atoms with Gasteiger partial charge < -0.3 is 10.4 Å². The second-order valence-electron chi connectivity index (χ2n) is 5.53. The number of rotatable bonds is 5. The number of aromatic carboxylic acids is 1. The molecule has 22 heavy (non-hydrogen) atoms. The van der Waals surface area contributed by atoms with Crippen molar-refractivity contribution in [2.75, 3.05) is 5.32 Å². The molecule has 1 aromatic carbocycles. The van der Waals surface area contributed by atoms with Gasteiger partial charge in [0.25, 0.3) is 0 Å². The minimum Gasteiger partial charge on any atom is -0.478 e. The van der Waals surface area contributed by atoms with Crippen molar-refractivity contribution in [2.24, 2.45) is 0 Å². The number of amides is 1. The first-order valence-electron chi connectivity index (χ1n) is 7.46. The van der Waals surface area contributed by atoms with Crippen LogP contribution in [0.4, 0.5) is 5.69 Å². The number of carbonyl (C=O) groups excluding carboxylic acids is 1. The Morgan fingerprint density at radius 1 is 1.32 bits per heavy atom. The summed E-state index contributed by atoms with van der Waals surface area (Å²) in [5.74, 6) is -1.18. The molecular weight excluding hydrogens is 322 g/mol. The third-order valence-electron chi connectivity index (χ3n) is 3.79. The third-order valence-corrected chi connectivity index (χ3v) is 5.60. The van der Waals surface area contributed by atoms with Gasteiger partial charge >= 0.3 is 5.97 Å². The Morgan fingerprint density at radius 2 is 2.00 bits per heavy atom. The average molecular weight is 342 g/mol. The molecular formula is C16H20ClNO3S. The molecule has 1 aliphatic carbocycles. The predicted octanol–water partition coefficient (Wildman–Crippen LogP) is 4.43. The second kappa shape index (κ2) is 7.88. The van der Waals surface area contributed by atoms with Crippen molar-refractivity contribution in [1.82, 2.24) is 0 Å². The van der Waals surface area contributed by atoms with Gasteiger partial charge in [-0.1, -0.05) is 30.9 Å². The molecule has 1 saturated carbocycles. The van der Waals surface area contributed by atoms with Gasteiger partial charge in [-0.2, -0.15) is 0 Å². The molecule has 6 heteroatoms. The van der Waals surface area contributed by atoms with Gasteiger partial charge in [-0.15, -0.1) is 11.8 Å². The van der Waals surface area contributed by atoms with Crippen LogP contribution in [-0.4, -0.2) is 27.5 Å². The standard InChI is InChI=1S/C16H20ClNO3S/c1-10(22-12-5-3-2-4-6-12)15(19)18-14-9-11(16(20)21)7-8-13(14)17/h7-10,12H,2-6H2,1H3,(H,18,19)(H,20,21). The van der Waals surface area contributed by atoms with Crippen molar-refractivity contribution in [2.45, 2.75) is 49.5 Å². The number of anilines is 1. The number of hydrogen-bond donors (Lipinski definition) is 2. The molecule has 2 N–H and O–H groups in total. The van der Waals surface area contributed by atoms with Gasteiger partial charge in [0.2, 0.25) is 5.91 Å². The van der Waals surface area contributed by atoms with Crippen molar-refractivity contribution < 1.29 is 14.7 Å². The summed E-state index contributed by atoms with van der Waals surface area (Å²) in [5.41, 5.74) is 0.454. The second-order valence-corrected chi connectivity index (χ2v) is 7.58. The van der Waals surface area contributed by atoms with Crippen molar-refractivity contribution in [3.05, 3.63) is 28.8 Å². The molecule has 0 radical (unpaired) electrons. The molecule has 1 aromatic rings. The number of halogens is 1. The summed E-state index contributed by atoms with van der Waals surface area (Å²) in [4.78, 5) is 23.3. The van der Waals surface area contributed by atoms with E-state index in [1.165, 1.54) is 37.5 Å². The molecule has 0 aromatic heterocycles. The highest BCUT2D eigenvalue weighted by Gasteiger charge is 2.22. The lowest BCUT2D eigenvalue weighted by Crippen LogP contribution is -2.25. The minimum atomic E-state index is -1.04. The third kappa shape index (κ3) is 4.65. The van der Waals surface area contributed by atoms with Gasteiger partial charge in [-0.25, -0.2) is 4.79 Å². The van der Waals surface area contributed by atoms with Gasteiger partial charge in [-0.05, 0) is 38.0 Å². The normalized spacial score (nSPS) is 17.0. The fraction of sp³-hybridized carbons (Fsp3) is 0.500. The highest BCUT2D eigenvalue weighted by atomic mass is 35.5. The van der Waals surface area contributed by atoms with Crippen LogP contribution in [0.1, 0.15) is 49.4 Å². The van der Waals surface area contributed by atoms with Gasteiger partial charge in [0.05, 0.1) is 21.5 Å². The predicted molar refractivity (Wildman–Crippen MR) is 91.0 cm³/mol. The number of hydrogen-bond acceptors (Lipinski definition) is 3. The first kappa shape index (κ1) is 17.2. The zero-order valence-corrected chi connectivity index (χ0v) is 14.0. The molecule has 0 spiro atoms. The molecule has 1 fully saturated rings. The fourth-order valence-electron chi connectivity index (χ4n) is 2.54. The fourth-order valence-corrected chi connectivity index (χ4v) is 4.07. The van der Waals surface area contributed by atoms with E-state index in [1.807, 2.05) is 6.92 Å². The highest BCUT2D eigenvalue weighted by Crippen LogP contribution is 2.32. The average Bonchev–Trinajstić information content (AvgIpc) is 2.50. The molecule has 1 amide bonds. The number of thioether (sulfide) groups is 1. The first-order valence-corrected chi connectivity index (χ1v) is 8.78. The number of carboxylic acids is 1. The molecule has 1 atom stereocenters. The van der Waals surface area contributed by atoms with E-state index in [-0.39, 0.29) is 16.7 Å². The summed E-state index contributed by atoms with van der Waals surface area (Å²) in [6.45, 7) is 1.88. The van der Waals surface area contributed by atoms with Crippen LogP contribution in [0.3, 0.4) is 0 Å². The molecule has 4 nitrogen and oxygen atoms in total. The van der Waals surface area contributed by atoms with E-state index in [1.54, 1.807) is 11.8 Å². The Balaban J connectivity index is 1.98. The molecule has 0 heterocycles. The Morgan fingerprint density at radius 3 is 2.64 bits per heavy atom. The Bertz CT molecular complexity index is 558. The number of carboxylic acid groups (broad SMARTS) is 1. The van der Waals surface area contributed by atoms with E-state index < -0.39 is 5.97 Å². The Labute approximate surface area is 139 Å². The summed E-state index contributed by atoms with van der Waals surface area (Å²) in [6.07, 6.45) is 6.08. The molecule has 1 aliphatic rings. The van der Waals surface area contributed by atoms with Crippen LogP contribution in [0.2, 0.25) is 5.02 Å². The van der Waals surface area contributed by atoms with Crippen LogP contribution < -0.4 is 5.32 Å². The molecule has 0 saturated heterocycles. The largest absolute Gasteiger partial charge is 0.478 e. The van der Waals surface area contributed by atoms with Crippen LogP contribution >= 0.6 is 23.4 Å². The van der Waals surface area contributed by atoms with Gasteiger partial charge in [-0.3, -0.25) is 4.79 Å². The van der Waals surface area contributed by atoms with E-state index >= 15 is 0 Å². The maximum absolute atomic E-state index is 12.3.